The molecule has 0 radical (unpaired) electrons. The molecule has 0 N–H and O–H groups in total. The first-order valence-electron chi connectivity index (χ1n) is 12.2. The highest BCUT2D eigenvalue weighted by atomic mass is 16.7. The van der Waals surface area contributed by atoms with Crippen molar-refractivity contribution in [3.05, 3.63) is 0 Å². The Labute approximate surface area is 208 Å². The van der Waals surface area contributed by atoms with Gasteiger partial charge in [-0.25, -0.2) is 4.79 Å². The second-order valence-electron chi connectivity index (χ2n) is 9.27. The number of hydrogen-bond donors (Lipinski definition) is 0. The van der Waals surface area contributed by atoms with Gasteiger partial charge in [0.15, 0.2) is 18.8 Å². The molecule has 198 valence electrons. The van der Waals surface area contributed by atoms with Crippen LogP contribution < -0.4 is 0 Å². The molecule has 0 spiro atoms. The van der Waals surface area contributed by atoms with Gasteiger partial charge >= 0.3 is 23.9 Å². The standard InChI is InChI=1S/C25H40NO9/c1-8-12-18(27)32-22-17(5)31-25(35-21(30)16-26(6,7)15-11-4)24(34-20(29)14-10-3)23(22)33-19(28)13-9-2/h4,17,22-25H,8-10,12-16H2,1-3,5-7H3/q+1/t17-,22+,23+,24-,25?/m0/s1. The third-order valence-corrected chi connectivity index (χ3v) is 5.22. The molecule has 1 aliphatic heterocycles. The topological polar surface area (TPSA) is 114 Å². The van der Waals surface area contributed by atoms with Crippen LogP contribution in [-0.4, -0.2) is 86.3 Å². The van der Waals surface area contributed by atoms with Gasteiger partial charge in [0.2, 0.25) is 12.4 Å². The molecule has 1 unspecified atom stereocenters. The van der Waals surface area contributed by atoms with E-state index in [1.165, 1.54) is 0 Å². The molecule has 0 aliphatic carbocycles. The average Bonchev–Trinajstić information content (AvgIpc) is 2.73. The molecule has 35 heavy (non-hydrogen) atoms. The van der Waals surface area contributed by atoms with E-state index in [1.54, 1.807) is 27.9 Å². The minimum absolute atomic E-state index is 0.0662. The highest BCUT2D eigenvalue weighted by Gasteiger charge is 2.52. The summed E-state index contributed by atoms with van der Waals surface area (Å²) >= 11 is 0. The Morgan fingerprint density at radius 3 is 1.69 bits per heavy atom. The number of esters is 4. The molecular weight excluding hydrogens is 458 g/mol. The molecule has 10 nitrogen and oxygen atoms in total. The van der Waals surface area contributed by atoms with Crippen LogP contribution in [0.3, 0.4) is 0 Å². The highest BCUT2D eigenvalue weighted by molar-refractivity contribution is 5.72. The van der Waals surface area contributed by atoms with Crippen molar-refractivity contribution >= 4 is 23.9 Å². The van der Waals surface area contributed by atoms with Crippen molar-refractivity contribution in [2.75, 3.05) is 27.2 Å². The van der Waals surface area contributed by atoms with Crippen LogP contribution in [0.25, 0.3) is 0 Å². The number of hydrogen-bond acceptors (Lipinski definition) is 9. The maximum Gasteiger partial charge on any atom is 0.364 e. The first-order chi connectivity index (χ1) is 16.5. The van der Waals surface area contributed by atoms with Crippen LogP contribution >= 0.6 is 0 Å². The molecule has 1 aliphatic rings. The summed E-state index contributed by atoms with van der Waals surface area (Å²) in [6.45, 7) is 7.27. The van der Waals surface area contributed by atoms with E-state index in [2.05, 4.69) is 5.92 Å². The van der Waals surface area contributed by atoms with E-state index in [0.717, 1.165) is 0 Å². The number of nitrogens with zero attached hydrogens (tertiary/aromatic N) is 1. The van der Waals surface area contributed by atoms with Gasteiger partial charge in [-0.3, -0.25) is 14.4 Å². The Morgan fingerprint density at radius 2 is 1.23 bits per heavy atom. The third kappa shape index (κ3) is 10.2. The van der Waals surface area contributed by atoms with E-state index >= 15 is 0 Å². The number of rotatable bonds is 13. The Morgan fingerprint density at radius 1 is 0.771 bits per heavy atom. The lowest BCUT2D eigenvalue weighted by molar-refractivity contribution is -0.875. The predicted molar refractivity (Wildman–Crippen MR) is 125 cm³/mol. The summed E-state index contributed by atoms with van der Waals surface area (Å²) in [6.07, 6.45) is 1.54. The average molecular weight is 499 g/mol. The summed E-state index contributed by atoms with van der Waals surface area (Å²) in [6, 6.07) is 0. The molecule has 10 heteroatoms. The second kappa shape index (κ2) is 14.7. The van der Waals surface area contributed by atoms with Gasteiger partial charge in [-0.2, -0.15) is 0 Å². The van der Waals surface area contributed by atoms with Gasteiger partial charge in [-0.1, -0.05) is 20.8 Å². The normalized spacial score (nSPS) is 24.1. The third-order valence-electron chi connectivity index (χ3n) is 5.22. The summed E-state index contributed by atoms with van der Waals surface area (Å²) in [4.78, 5) is 49.9. The lowest BCUT2D eigenvalue weighted by Gasteiger charge is -2.43. The van der Waals surface area contributed by atoms with Crippen molar-refractivity contribution in [2.45, 2.75) is 96.9 Å². The minimum atomic E-state index is -1.37. The summed E-state index contributed by atoms with van der Waals surface area (Å²) in [7, 11) is 3.53. The van der Waals surface area contributed by atoms with Gasteiger partial charge in [-0.15, -0.1) is 6.42 Å². The van der Waals surface area contributed by atoms with Crippen LogP contribution in [0, 0.1) is 12.3 Å². The van der Waals surface area contributed by atoms with Crippen molar-refractivity contribution in [2.24, 2.45) is 0 Å². The van der Waals surface area contributed by atoms with Gasteiger partial charge in [-0.05, 0) is 32.1 Å². The van der Waals surface area contributed by atoms with Gasteiger partial charge < -0.3 is 28.2 Å². The maximum atomic E-state index is 12.7. The quantitative estimate of drug-likeness (QED) is 0.163. The Kier molecular flexibility index (Phi) is 12.8. The molecule has 0 aromatic rings. The first-order valence-corrected chi connectivity index (χ1v) is 12.2. The van der Waals surface area contributed by atoms with Crippen LogP contribution in [-0.2, 0) is 42.9 Å². The van der Waals surface area contributed by atoms with Crippen LogP contribution in [0.5, 0.6) is 0 Å². The number of quaternary nitrogens is 1. The van der Waals surface area contributed by atoms with Gasteiger partial charge in [0.1, 0.15) is 6.54 Å². The zero-order valence-electron chi connectivity index (χ0n) is 21.7. The fraction of sp³-hybridized carbons (Fsp3) is 0.760. The van der Waals surface area contributed by atoms with E-state index in [9.17, 15) is 19.2 Å². The number of carbonyl (C=O) groups excluding carboxylic acids is 4. The lowest BCUT2D eigenvalue weighted by Crippen LogP contribution is -2.62. The number of carbonyl (C=O) groups is 4. The zero-order valence-corrected chi connectivity index (χ0v) is 21.7. The molecule has 0 aromatic carbocycles. The van der Waals surface area contributed by atoms with Gasteiger partial charge in [0, 0.05) is 19.3 Å². The summed E-state index contributed by atoms with van der Waals surface area (Å²) in [5, 5.41) is 0. The molecule has 1 fully saturated rings. The monoisotopic (exact) mass is 498 g/mol. The first kappa shape index (κ1) is 30.4. The Bertz CT molecular complexity index is 773. The lowest BCUT2D eigenvalue weighted by atomic mass is 9.98. The van der Waals surface area contributed by atoms with E-state index in [1.807, 2.05) is 13.8 Å². The van der Waals surface area contributed by atoms with E-state index in [-0.39, 0.29) is 30.3 Å². The fourth-order valence-corrected chi connectivity index (χ4v) is 3.55. The zero-order chi connectivity index (χ0) is 26.6. The van der Waals surface area contributed by atoms with E-state index in [0.29, 0.717) is 25.8 Å². The summed E-state index contributed by atoms with van der Waals surface area (Å²) < 4.78 is 28.4. The molecule has 1 saturated heterocycles. The van der Waals surface area contributed by atoms with Crippen molar-refractivity contribution in [3.8, 4) is 12.3 Å². The highest BCUT2D eigenvalue weighted by Crippen LogP contribution is 2.30. The molecule has 0 aromatic heterocycles. The molecule has 1 rings (SSSR count). The fourth-order valence-electron chi connectivity index (χ4n) is 3.55. The van der Waals surface area contributed by atoms with Crippen LogP contribution in [0.1, 0.15) is 66.2 Å². The smallest absolute Gasteiger partial charge is 0.364 e. The number of likely N-dealkylation sites (N-methyl/N-ethyl adjacent to an activating group) is 1. The van der Waals surface area contributed by atoms with Crippen molar-refractivity contribution in [3.63, 3.8) is 0 Å². The Balaban J connectivity index is 3.28. The van der Waals surface area contributed by atoms with E-state index < -0.39 is 54.6 Å². The summed E-state index contributed by atoms with van der Waals surface area (Å²) in [5.74, 6) is 0.212. The molecule has 5 atom stereocenters. The second-order valence-corrected chi connectivity index (χ2v) is 9.27. The van der Waals surface area contributed by atoms with E-state index in [4.69, 9.17) is 30.1 Å². The minimum Gasteiger partial charge on any atom is -0.455 e. The molecular formula is C25H40NO9+. The number of terminal acetylenes is 1. The van der Waals surface area contributed by atoms with Crippen LogP contribution in [0.2, 0.25) is 0 Å². The van der Waals surface area contributed by atoms with Gasteiger partial charge in [0.25, 0.3) is 0 Å². The SMILES string of the molecule is C#CC[N+](C)(C)CC(=O)OC1O[C@@H](C)[C@@H](OC(=O)CCC)[C@@H](OC(=O)CCC)[C@@H]1OC(=O)CCC. The predicted octanol–water partition coefficient (Wildman–Crippen LogP) is 2.12. The largest absolute Gasteiger partial charge is 0.455 e. The van der Waals surface area contributed by atoms with Crippen molar-refractivity contribution in [1.82, 2.24) is 0 Å². The Hall–Kier alpha value is -2.64. The molecule has 0 saturated carbocycles. The summed E-state index contributed by atoms with van der Waals surface area (Å²) in [5.41, 5.74) is 0. The number of ether oxygens (including phenoxy) is 5. The van der Waals surface area contributed by atoms with Crippen molar-refractivity contribution in [1.29, 1.82) is 0 Å². The molecule has 1 heterocycles. The van der Waals surface area contributed by atoms with Crippen LogP contribution in [0.4, 0.5) is 0 Å². The van der Waals surface area contributed by atoms with Gasteiger partial charge in [0.05, 0.1) is 20.2 Å². The van der Waals surface area contributed by atoms with Crippen molar-refractivity contribution < 1.29 is 47.3 Å². The molecule has 0 bridgehead atoms. The molecule has 0 amide bonds. The maximum absolute atomic E-state index is 12.7. The van der Waals surface area contributed by atoms with Crippen LogP contribution in [0.15, 0.2) is 0 Å².